The van der Waals surface area contributed by atoms with Crippen molar-refractivity contribution in [3.63, 3.8) is 0 Å². The van der Waals surface area contributed by atoms with Crippen LogP contribution in [0.1, 0.15) is 32.4 Å². The van der Waals surface area contributed by atoms with Crippen molar-refractivity contribution in [3.8, 4) is 22.8 Å². The fraction of sp³-hybridized carbons (Fsp3) is 0.269. The van der Waals surface area contributed by atoms with E-state index in [0.717, 1.165) is 0 Å². The molecule has 1 unspecified atom stereocenters. The summed E-state index contributed by atoms with van der Waals surface area (Å²) >= 11 is 0. The van der Waals surface area contributed by atoms with Gasteiger partial charge in [0, 0.05) is 22.7 Å². The molecule has 1 aliphatic heterocycles. The van der Waals surface area contributed by atoms with E-state index in [9.17, 15) is 14.7 Å². The van der Waals surface area contributed by atoms with Crippen LogP contribution in [0.3, 0.4) is 0 Å². The maximum atomic E-state index is 13.4. The van der Waals surface area contributed by atoms with Crippen molar-refractivity contribution in [2.75, 3.05) is 19.1 Å². The minimum absolute atomic E-state index is 0.0280. The minimum atomic E-state index is -0.892. The Kier molecular flexibility index (Phi) is 5.91. The Bertz CT molecular complexity index is 1270. The summed E-state index contributed by atoms with van der Waals surface area (Å²) in [4.78, 5) is 32.2. The number of ketones is 1. The molecule has 0 fully saturated rings. The third-order valence-electron chi connectivity index (χ3n) is 5.73. The Labute approximate surface area is 197 Å². The zero-order valence-electron chi connectivity index (χ0n) is 19.7. The summed E-state index contributed by atoms with van der Waals surface area (Å²) in [5, 5.41) is 10.9. The van der Waals surface area contributed by atoms with Crippen LogP contribution in [0.4, 0.5) is 5.69 Å². The predicted molar refractivity (Wildman–Crippen MR) is 126 cm³/mol. The van der Waals surface area contributed by atoms with Gasteiger partial charge in [-0.05, 0) is 18.2 Å². The second-order valence-corrected chi connectivity index (χ2v) is 8.91. The molecule has 1 N–H and O–H groups in total. The molecule has 0 radical (unpaired) electrons. The third kappa shape index (κ3) is 3.81. The lowest BCUT2D eigenvalue weighted by Crippen LogP contribution is -2.33. The van der Waals surface area contributed by atoms with Crippen LogP contribution in [0.15, 0.2) is 70.8 Å². The molecule has 0 bridgehead atoms. The molecule has 8 heteroatoms. The van der Waals surface area contributed by atoms with Crippen LogP contribution < -0.4 is 14.4 Å². The van der Waals surface area contributed by atoms with Gasteiger partial charge < -0.3 is 19.0 Å². The van der Waals surface area contributed by atoms with Gasteiger partial charge in [0.05, 0.1) is 37.6 Å². The Morgan fingerprint density at radius 3 is 2.41 bits per heavy atom. The predicted octanol–water partition coefficient (Wildman–Crippen LogP) is 4.87. The Hall–Kier alpha value is -4.07. The molecule has 34 heavy (non-hydrogen) atoms. The summed E-state index contributed by atoms with van der Waals surface area (Å²) in [5.41, 5.74) is 0.860. The number of benzene rings is 2. The summed E-state index contributed by atoms with van der Waals surface area (Å²) in [6.45, 7) is 5.24. The first-order chi connectivity index (χ1) is 16.2. The van der Waals surface area contributed by atoms with E-state index < -0.39 is 23.1 Å². The van der Waals surface area contributed by atoms with Gasteiger partial charge in [-0.3, -0.25) is 14.5 Å². The molecule has 2 aromatic carbocycles. The molecule has 8 nitrogen and oxygen atoms in total. The number of nitrogens with zero attached hydrogens (tertiary/aromatic N) is 2. The van der Waals surface area contributed by atoms with Crippen molar-refractivity contribution in [1.82, 2.24) is 4.98 Å². The van der Waals surface area contributed by atoms with Gasteiger partial charge in [0.15, 0.2) is 23.7 Å². The van der Waals surface area contributed by atoms with E-state index in [1.54, 1.807) is 69.4 Å². The number of rotatable bonds is 6. The van der Waals surface area contributed by atoms with E-state index >= 15 is 0 Å². The molecule has 0 saturated heterocycles. The van der Waals surface area contributed by atoms with Gasteiger partial charge in [0.2, 0.25) is 0 Å². The fourth-order valence-electron chi connectivity index (χ4n) is 4.08. The first-order valence-electron chi connectivity index (χ1n) is 10.7. The van der Waals surface area contributed by atoms with Gasteiger partial charge in [-0.2, -0.15) is 0 Å². The molecule has 1 aliphatic rings. The second kappa shape index (κ2) is 8.70. The highest BCUT2D eigenvalue weighted by Gasteiger charge is 2.47. The zero-order valence-corrected chi connectivity index (χ0v) is 19.7. The molecular weight excluding hydrogens is 436 g/mol. The molecule has 1 amide bonds. The van der Waals surface area contributed by atoms with Crippen molar-refractivity contribution < 1.29 is 28.6 Å². The van der Waals surface area contributed by atoms with Crippen LogP contribution in [0.5, 0.6) is 11.5 Å². The lowest BCUT2D eigenvalue weighted by Gasteiger charge is -2.30. The first kappa shape index (κ1) is 23.1. The van der Waals surface area contributed by atoms with Gasteiger partial charge in [-0.1, -0.05) is 39.0 Å². The van der Waals surface area contributed by atoms with Gasteiger partial charge >= 0.3 is 0 Å². The molecule has 4 rings (SSSR count). The largest absolute Gasteiger partial charge is 0.503 e. The van der Waals surface area contributed by atoms with Gasteiger partial charge in [-0.15, -0.1) is 0 Å². The number of aliphatic hydroxyl groups excluding tert-OH is 1. The van der Waals surface area contributed by atoms with E-state index in [1.165, 1.54) is 25.5 Å². The first-order valence-corrected chi connectivity index (χ1v) is 10.7. The number of Topliss-reactive ketones (excluding diaryl/α,β-unsaturated/α-hetero) is 1. The maximum absolute atomic E-state index is 13.4. The molecule has 0 saturated carbocycles. The molecule has 1 aromatic heterocycles. The fourth-order valence-corrected chi connectivity index (χ4v) is 4.08. The molecule has 3 aromatic rings. The molecule has 0 spiro atoms. The van der Waals surface area contributed by atoms with Gasteiger partial charge in [-0.25, -0.2) is 4.98 Å². The van der Waals surface area contributed by atoms with E-state index in [4.69, 9.17) is 13.9 Å². The number of hydrogen-bond donors (Lipinski definition) is 1. The van der Waals surface area contributed by atoms with Crippen LogP contribution in [0.25, 0.3) is 11.3 Å². The monoisotopic (exact) mass is 462 g/mol. The van der Waals surface area contributed by atoms with Crippen LogP contribution in [-0.2, 0) is 9.59 Å². The maximum Gasteiger partial charge on any atom is 0.294 e. The summed E-state index contributed by atoms with van der Waals surface area (Å²) < 4.78 is 16.5. The van der Waals surface area contributed by atoms with E-state index in [1.807, 2.05) is 0 Å². The number of ether oxygens (including phenoxy) is 2. The average molecular weight is 463 g/mol. The van der Waals surface area contributed by atoms with E-state index in [0.29, 0.717) is 34.1 Å². The van der Waals surface area contributed by atoms with Crippen molar-refractivity contribution in [2.24, 2.45) is 5.41 Å². The molecule has 0 aliphatic carbocycles. The highest BCUT2D eigenvalue weighted by atomic mass is 16.5. The molecule has 1 atom stereocenters. The summed E-state index contributed by atoms with van der Waals surface area (Å²) in [6.07, 6.45) is 2.88. The standard InChI is InChI=1S/C26H26N2O6/c1-26(2,3)24(30)21-22(17-8-6-7-9-18(17)32-4)28(25(31)23(21)29)15-10-11-16(19(12-15)33-5)20-13-27-14-34-20/h6-14,22,29H,1-5H3. The highest BCUT2D eigenvalue weighted by Crippen LogP contribution is 2.47. The van der Waals surface area contributed by atoms with Gasteiger partial charge in [0.25, 0.3) is 5.91 Å². The van der Waals surface area contributed by atoms with Crippen molar-refractivity contribution in [1.29, 1.82) is 0 Å². The number of anilines is 1. The van der Waals surface area contributed by atoms with Crippen LogP contribution in [-0.4, -0.2) is 36.0 Å². The minimum Gasteiger partial charge on any atom is -0.503 e. The molecule has 2 heterocycles. The molecular formula is C26H26N2O6. The third-order valence-corrected chi connectivity index (χ3v) is 5.73. The van der Waals surface area contributed by atoms with Crippen molar-refractivity contribution in [3.05, 3.63) is 72.0 Å². The van der Waals surface area contributed by atoms with Gasteiger partial charge in [0.1, 0.15) is 11.5 Å². The number of carbonyl (C=O) groups is 2. The van der Waals surface area contributed by atoms with Crippen LogP contribution in [0, 0.1) is 5.41 Å². The van der Waals surface area contributed by atoms with Crippen molar-refractivity contribution in [2.45, 2.75) is 26.8 Å². The van der Waals surface area contributed by atoms with Crippen LogP contribution >= 0.6 is 0 Å². The smallest absolute Gasteiger partial charge is 0.294 e. The van der Waals surface area contributed by atoms with Crippen molar-refractivity contribution >= 4 is 17.4 Å². The van der Waals surface area contributed by atoms with Crippen LogP contribution in [0.2, 0.25) is 0 Å². The van der Waals surface area contributed by atoms with E-state index in [2.05, 4.69) is 4.98 Å². The number of hydrogen-bond acceptors (Lipinski definition) is 7. The zero-order chi connectivity index (χ0) is 24.6. The average Bonchev–Trinajstić information content (AvgIpc) is 3.44. The summed E-state index contributed by atoms with van der Waals surface area (Å²) in [6, 6.07) is 11.3. The topological polar surface area (TPSA) is 102 Å². The second-order valence-electron chi connectivity index (χ2n) is 8.91. The number of carbonyl (C=O) groups excluding carboxylic acids is 2. The van der Waals surface area contributed by atoms with E-state index in [-0.39, 0.29) is 11.4 Å². The lowest BCUT2D eigenvalue weighted by molar-refractivity contribution is -0.123. The number of methoxy groups -OCH3 is 2. The Morgan fingerprint density at radius 1 is 1.09 bits per heavy atom. The Balaban J connectivity index is 1.91. The number of amides is 1. The lowest BCUT2D eigenvalue weighted by atomic mass is 9.82. The summed E-state index contributed by atoms with van der Waals surface area (Å²) in [7, 11) is 3.02. The quantitative estimate of drug-likeness (QED) is 0.557. The summed E-state index contributed by atoms with van der Waals surface area (Å²) in [5.74, 6) is -0.156. The number of aromatic nitrogens is 1. The number of aliphatic hydroxyl groups is 1. The number of para-hydroxylation sites is 1. The number of oxazole rings is 1. The normalized spacial score (nSPS) is 16.2. The SMILES string of the molecule is COc1cc(N2C(=O)C(O)=C(C(=O)C(C)(C)C)C2c2ccccc2OC)ccc1-c1cnco1. The molecule has 176 valence electrons. The highest BCUT2D eigenvalue weighted by molar-refractivity contribution is 6.17. The Morgan fingerprint density at radius 2 is 1.79 bits per heavy atom.